The minimum absolute atomic E-state index is 0.609. The first-order chi connectivity index (χ1) is 8.24. The Hall–Kier alpha value is -0.640. The highest BCUT2D eigenvalue weighted by Crippen LogP contribution is 2.39. The highest BCUT2D eigenvalue weighted by Gasteiger charge is 2.28. The average molecular weight is 296 g/mol. The largest absolute Gasteiger partial charge is 0.354 e. The molecule has 1 aromatic rings. The van der Waals surface area contributed by atoms with Crippen LogP contribution in [-0.4, -0.2) is 22.6 Å². The van der Waals surface area contributed by atoms with E-state index >= 15 is 0 Å². The SMILES string of the molecule is CC1CCCCN1c1cc(Br)nc(C2CC2)n1. The molecule has 1 aliphatic carbocycles. The van der Waals surface area contributed by atoms with E-state index < -0.39 is 0 Å². The van der Waals surface area contributed by atoms with E-state index in [0.717, 1.165) is 22.8 Å². The standard InChI is InChI=1S/C13H18BrN3/c1-9-4-2-3-7-17(9)12-8-11(14)15-13(16-12)10-5-6-10/h8-10H,2-7H2,1H3. The predicted molar refractivity (Wildman–Crippen MR) is 72.4 cm³/mol. The van der Waals surface area contributed by atoms with Crippen LogP contribution in [0.15, 0.2) is 10.7 Å². The summed E-state index contributed by atoms with van der Waals surface area (Å²) in [5, 5.41) is 0. The molecule has 0 aromatic carbocycles. The first kappa shape index (κ1) is 11.5. The molecule has 2 aliphatic rings. The minimum Gasteiger partial charge on any atom is -0.354 e. The number of hydrogen-bond acceptors (Lipinski definition) is 3. The van der Waals surface area contributed by atoms with Crippen LogP contribution in [0.25, 0.3) is 0 Å². The smallest absolute Gasteiger partial charge is 0.135 e. The maximum absolute atomic E-state index is 4.75. The number of rotatable bonds is 2. The number of nitrogens with zero attached hydrogens (tertiary/aromatic N) is 3. The van der Waals surface area contributed by atoms with Gasteiger partial charge in [-0.3, -0.25) is 0 Å². The summed E-state index contributed by atoms with van der Waals surface area (Å²) in [6, 6.07) is 2.67. The molecular formula is C13H18BrN3. The maximum Gasteiger partial charge on any atom is 0.135 e. The Morgan fingerprint density at radius 3 is 2.76 bits per heavy atom. The second kappa shape index (κ2) is 4.56. The third-order valence-electron chi connectivity index (χ3n) is 3.74. The van der Waals surface area contributed by atoms with Gasteiger partial charge in [-0.2, -0.15) is 0 Å². The molecule has 0 radical (unpaired) electrons. The fourth-order valence-corrected chi connectivity index (χ4v) is 2.92. The zero-order valence-electron chi connectivity index (χ0n) is 10.2. The molecule has 2 fully saturated rings. The van der Waals surface area contributed by atoms with Gasteiger partial charge in [-0.1, -0.05) is 0 Å². The summed E-state index contributed by atoms with van der Waals surface area (Å²) in [7, 11) is 0. The second-order valence-electron chi connectivity index (χ2n) is 5.22. The lowest BCUT2D eigenvalue weighted by molar-refractivity contribution is 0.480. The van der Waals surface area contributed by atoms with Crippen molar-refractivity contribution in [3.63, 3.8) is 0 Å². The average Bonchev–Trinajstić information content (AvgIpc) is 3.12. The lowest BCUT2D eigenvalue weighted by Crippen LogP contribution is -2.38. The molecular weight excluding hydrogens is 278 g/mol. The Morgan fingerprint density at radius 1 is 1.24 bits per heavy atom. The molecule has 2 heterocycles. The predicted octanol–water partition coefficient (Wildman–Crippen LogP) is 3.50. The van der Waals surface area contributed by atoms with Gasteiger partial charge in [-0.15, -0.1) is 0 Å². The van der Waals surface area contributed by atoms with E-state index in [4.69, 9.17) is 4.98 Å². The Morgan fingerprint density at radius 2 is 2.06 bits per heavy atom. The molecule has 1 aromatic heterocycles. The van der Waals surface area contributed by atoms with Gasteiger partial charge in [0.1, 0.15) is 16.2 Å². The van der Waals surface area contributed by atoms with Gasteiger partial charge in [0.2, 0.25) is 0 Å². The van der Waals surface area contributed by atoms with Crippen molar-refractivity contribution in [2.75, 3.05) is 11.4 Å². The fourth-order valence-electron chi connectivity index (χ4n) is 2.53. The Kier molecular flexibility index (Phi) is 3.07. The first-order valence-corrected chi connectivity index (χ1v) is 7.34. The van der Waals surface area contributed by atoms with Gasteiger partial charge in [0.05, 0.1) is 0 Å². The van der Waals surface area contributed by atoms with E-state index in [1.165, 1.54) is 32.1 Å². The van der Waals surface area contributed by atoms with Crippen molar-refractivity contribution in [2.24, 2.45) is 0 Å². The number of halogens is 1. The topological polar surface area (TPSA) is 29.0 Å². The molecule has 1 unspecified atom stereocenters. The second-order valence-corrected chi connectivity index (χ2v) is 6.03. The number of aromatic nitrogens is 2. The lowest BCUT2D eigenvalue weighted by atomic mass is 10.0. The zero-order chi connectivity index (χ0) is 11.8. The molecule has 1 saturated carbocycles. The maximum atomic E-state index is 4.75. The summed E-state index contributed by atoms with van der Waals surface area (Å²) in [5.74, 6) is 2.76. The molecule has 0 amide bonds. The fraction of sp³-hybridized carbons (Fsp3) is 0.692. The van der Waals surface area contributed by atoms with Crippen LogP contribution in [0.3, 0.4) is 0 Å². The molecule has 4 heteroatoms. The number of piperidine rings is 1. The van der Waals surface area contributed by atoms with Crippen LogP contribution in [0, 0.1) is 0 Å². The third-order valence-corrected chi connectivity index (χ3v) is 4.14. The van der Waals surface area contributed by atoms with Crippen LogP contribution in [0.5, 0.6) is 0 Å². The Bertz CT molecular complexity index is 417. The zero-order valence-corrected chi connectivity index (χ0v) is 11.8. The van der Waals surface area contributed by atoms with Gasteiger partial charge in [-0.25, -0.2) is 9.97 Å². The van der Waals surface area contributed by atoms with E-state index in [2.05, 4.69) is 38.8 Å². The summed E-state index contributed by atoms with van der Waals surface area (Å²) in [5.41, 5.74) is 0. The summed E-state index contributed by atoms with van der Waals surface area (Å²) in [4.78, 5) is 11.7. The van der Waals surface area contributed by atoms with Crippen molar-refractivity contribution in [2.45, 2.75) is 51.0 Å². The van der Waals surface area contributed by atoms with Crippen molar-refractivity contribution in [1.82, 2.24) is 9.97 Å². The van der Waals surface area contributed by atoms with Crippen molar-refractivity contribution >= 4 is 21.7 Å². The Balaban J connectivity index is 1.90. The van der Waals surface area contributed by atoms with Crippen LogP contribution in [0.2, 0.25) is 0 Å². The van der Waals surface area contributed by atoms with Crippen molar-refractivity contribution in [3.8, 4) is 0 Å². The van der Waals surface area contributed by atoms with Crippen LogP contribution in [0.1, 0.15) is 50.8 Å². The third kappa shape index (κ3) is 2.46. The van der Waals surface area contributed by atoms with Crippen molar-refractivity contribution < 1.29 is 0 Å². The summed E-state index contributed by atoms with van der Waals surface area (Å²) in [6.45, 7) is 3.43. The van der Waals surface area contributed by atoms with Crippen LogP contribution in [0.4, 0.5) is 5.82 Å². The highest BCUT2D eigenvalue weighted by atomic mass is 79.9. The number of hydrogen-bond donors (Lipinski definition) is 0. The van der Waals surface area contributed by atoms with E-state index in [1.807, 2.05) is 0 Å². The molecule has 0 N–H and O–H groups in total. The van der Waals surface area contributed by atoms with E-state index in [-0.39, 0.29) is 0 Å². The molecule has 92 valence electrons. The van der Waals surface area contributed by atoms with Crippen molar-refractivity contribution in [3.05, 3.63) is 16.5 Å². The van der Waals surface area contributed by atoms with E-state index in [0.29, 0.717) is 12.0 Å². The highest BCUT2D eigenvalue weighted by molar-refractivity contribution is 9.10. The molecule has 1 atom stereocenters. The van der Waals surface area contributed by atoms with Gasteiger partial charge in [0.15, 0.2) is 0 Å². The quantitative estimate of drug-likeness (QED) is 0.782. The van der Waals surface area contributed by atoms with Gasteiger partial charge < -0.3 is 4.90 Å². The summed E-state index contributed by atoms with van der Waals surface area (Å²) < 4.78 is 0.933. The monoisotopic (exact) mass is 295 g/mol. The normalized spacial score (nSPS) is 25.1. The molecule has 3 nitrogen and oxygen atoms in total. The van der Waals surface area contributed by atoms with Crippen LogP contribution >= 0.6 is 15.9 Å². The van der Waals surface area contributed by atoms with Crippen LogP contribution < -0.4 is 4.90 Å². The molecule has 17 heavy (non-hydrogen) atoms. The van der Waals surface area contributed by atoms with Crippen LogP contribution in [-0.2, 0) is 0 Å². The first-order valence-electron chi connectivity index (χ1n) is 6.55. The van der Waals surface area contributed by atoms with Gasteiger partial charge in [-0.05, 0) is 55.0 Å². The van der Waals surface area contributed by atoms with E-state index in [1.54, 1.807) is 0 Å². The van der Waals surface area contributed by atoms with Gasteiger partial charge >= 0.3 is 0 Å². The van der Waals surface area contributed by atoms with Crippen molar-refractivity contribution in [1.29, 1.82) is 0 Å². The van der Waals surface area contributed by atoms with Gasteiger partial charge in [0, 0.05) is 24.6 Å². The number of anilines is 1. The van der Waals surface area contributed by atoms with E-state index in [9.17, 15) is 0 Å². The minimum atomic E-state index is 0.609. The summed E-state index contributed by atoms with van der Waals surface area (Å²) >= 11 is 3.52. The molecule has 0 spiro atoms. The molecule has 3 rings (SSSR count). The Labute approximate surface area is 111 Å². The molecule has 1 saturated heterocycles. The summed E-state index contributed by atoms with van der Waals surface area (Å²) in [6.07, 6.45) is 6.42. The van der Waals surface area contributed by atoms with Gasteiger partial charge in [0.25, 0.3) is 0 Å². The molecule has 1 aliphatic heterocycles. The molecule has 0 bridgehead atoms. The lowest BCUT2D eigenvalue weighted by Gasteiger charge is -2.34.